The summed E-state index contributed by atoms with van der Waals surface area (Å²) in [5, 5.41) is 3.32. The van der Waals surface area contributed by atoms with Crippen LogP contribution in [0.1, 0.15) is 22.5 Å². The van der Waals surface area contributed by atoms with Gasteiger partial charge >= 0.3 is 7.60 Å². The molecule has 0 aliphatic heterocycles. The van der Waals surface area contributed by atoms with Gasteiger partial charge in [0.05, 0.1) is 0 Å². The molecule has 1 N–H and O–H groups in total. The molecule has 2 aromatic rings. The van der Waals surface area contributed by atoms with Crippen LogP contribution in [-0.2, 0) is 13.6 Å². The Morgan fingerprint density at radius 1 is 1.00 bits per heavy atom. The van der Waals surface area contributed by atoms with Gasteiger partial charge in [0.1, 0.15) is 0 Å². The zero-order valence-corrected chi connectivity index (χ0v) is 14.3. The van der Waals surface area contributed by atoms with E-state index in [1.165, 1.54) is 19.8 Å². The lowest BCUT2D eigenvalue weighted by Gasteiger charge is -2.27. The van der Waals surface area contributed by atoms with Crippen LogP contribution in [0.2, 0.25) is 0 Å². The quantitative estimate of drug-likeness (QED) is 0.769. The largest absolute Gasteiger partial charge is 0.368 e. The van der Waals surface area contributed by atoms with E-state index < -0.39 is 13.4 Å². The van der Waals surface area contributed by atoms with Crippen LogP contribution in [0.5, 0.6) is 0 Å². The van der Waals surface area contributed by atoms with Gasteiger partial charge in [-0.3, -0.25) is 4.57 Å². The van der Waals surface area contributed by atoms with E-state index in [2.05, 4.69) is 11.4 Å². The molecule has 0 radical (unpaired) electrons. The van der Waals surface area contributed by atoms with Crippen molar-refractivity contribution in [2.45, 2.75) is 19.6 Å². The van der Waals surface area contributed by atoms with Crippen molar-refractivity contribution in [3.8, 4) is 0 Å². The Bertz CT molecular complexity index is 665. The third-order valence-electron chi connectivity index (χ3n) is 3.61. The van der Waals surface area contributed by atoms with E-state index >= 15 is 0 Å². The van der Waals surface area contributed by atoms with Gasteiger partial charge in [0.15, 0.2) is 5.78 Å². The fraction of sp³-hybridized carbons (Fsp3) is 0.294. The van der Waals surface area contributed by atoms with Crippen molar-refractivity contribution < 1.29 is 13.6 Å². The number of aryl methyl sites for hydroxylation is 2. The van der Waals surface area contributed by atoms with E-state index in [0.29, 0.717) is 0 Å². The molecule has 0 saturated heterocycles. The van der Waals surface area contributed by atoms with Crippen LogP contribution >= 0.6 is 7.60 Å². The maximum absolute atomic E-state index is 12.9. The highest BCUT2D eigenvalue weighted by Gasteiger charge is 2.35. The Labute approximate surface area is 132 Å². The molecule has 0 aliphatic carbocycles. The highest BCUT2D eigenvalue weighted by atomic mass is 31.2. The van der Waals surface area contributed by atoms with Crippen molar-refractivity contribution in [2.75, 3.05) is 19.5 Å². The van der Waals surface area contributed by atoms with Gasteiger partial charge in [-0.1, -0.05) is 48.0 Å². The summed E-state index contributed by atoms with van der Waals surface area (Å²) in [6, 6.07) is 15.6. The summed E-state index contributed by atoms with van der Waals surface area (Å²) in [5.74, 6) is -0.565. The van der Waals surface area contributed by atoms with Gasteiger partial charge in [0, 0.05) is 19.9 Å². The van der Waals surface area contributed by atoms with Gasteiger partial charge in [0.25, 0.3) is 0 Å². The zero-order chi connectivity index (χ0) is 16.2. The van der Waals surface area contributed by atoms with Crippen LogP contribution < -0.4 is 5.32 Å². The monoisotopic (exact) mass is 319 g/mol. The average Bonchev–Trinajstić information content (AvgIpc) is 2.54. The molecule has 118 valence electrons. The molecule has 2 aromatic carbocycles. The van der Waals surface area contributed by atoms with Crippen LogP contribution in [0.25, 0.3) is 0 Å². The van der Waals surface area contributed by atoms with E-state index in [1.54, 1.807) is 0 Å². The molecule has 0 unspecified atom stereocenters. The molecule has 5 heteroatoms. The number of anilines is 1. The first kappa shape index (κ1) is 16.8. The smallest absolute Gasteiger partial charge is 0.356 e. The summed E-state index contributed by atoms with van der Waals surface area (Å²) >= 11 is 0. The summed E-state index contributed by atoms with van der Waals surface area (Å²) in [6.45, 7) is 4.06. The molecule has 0 aliphatic rings. The van der Waals surface area contributed by atoms with Crippen LogP contribution in [0.3, 0.4) is 0 Å². The fourth-order valence-corrected chi connectivity index (χ4v) is 3.79. The van der Waals surface area contributed by atoms with E-state index in [1.807, 2.05) is 56.3 Å². The Balaban J connectivity index is 2.43. The standard InChI is InChI=1S/C17H22NO3P/c1-13-10-11-16(14(2)12-13)18-17(22(19,20-3)21-4)15-8-6-5-7-9-15/h5-12,17-18H,1-4H3/t17-/m1/s1. The summed E-state index contributed by atoms with van der Waals surface area (Å²) in [4.78, 5) is 0. The maximum Gasteiger partial charge on any atom is 0.356 e. The van der Waals surface area contributed by atoms with E-state index in [0.717, 1.165) is 16.8 Å². The molecule has 2 rings (SSSR count). The lowest BCUT2D eigenvalue weighted by atomic mass is 10.1. The highest BCUT2D eigenvalue weighted by Crippen LogP contribution is 2.59. The average molecular weight is 319 g/mol. The normalized spacial score (nSPS) is 12.9. The lowest BCUT2D eigenvalue weighted by Crippen LogP contribution is -2.14. The minimum Gasteiger partial charge on any atom is -0.368 e. The summed E-state index contributed by atoms with van der Waals surface area (Å²) in [6.07, 6.45) is 0. The SMILES string of the molecule is COP(=O)(OC)[C@@H](Nc1ccc(C)cc1C)c1ccccc1. The maximum atomic E-state index is 12.9. The van der Waals surface area contributed by atoms with Gasteiger partial charge in [0.2, 0.25) is 0 Å². The third-order valence-corrected chi connectivity index (χ3v) is 5.69. The molecule has 0 amide bonds. The van der Waals surface area contributed by atoms with Crippen LogP contribution in [-0.4, -0.2) is 14.2 Å². The fourth-order valence-electron chi connectivity index (χ4n) is 2.39. The Kier molecular flexibility index (Phi) is 5.41. The molecule has 1 atom stereocenters. The second kappa shape index (κ2) is 7.10. The van der Waals surface area contributed by atoms with Crippen molar-refractivity contribution in [1.82, 2.24) is 0 Å². The van der Waals surface area contributed by atoms with Gasteiger partial charge < -0.3 is 14.4 Å². The molecular formula is C17H22NO3P. The Morgan fingerprint density at radius 3 is 2.18 bits per heavy atom. The van der Waals surface area contributed by atoms with E-state index in [4.69, 9.17) is 9.05 Å². The second-order valence-corrected chi connectivity index (χ2v) is 7.51. The van der Waals surface area contributed by atoms with Crippen LogP contribution in [0, 0.1) is 13.8 Å². The molecular weight excluding hydrogens is 297 g/mol. The number of nitrogens with one attached hydrogen (secondary N) is 1. The highest BCUT2D eigenvalue weighted by molar-refractivity contribution is 7.54. The van der Waals surface area contributed by atoms with Crippen molar-refractivity contribution in [3.63, 3.8) is 0 Å². The predicted molar refractivity (Wildman–Crippen MR) is 90.3 cm³/mol. The molecule has 0 bridgehead atoms. The van der Waals surface area contributed by atoms with Crippen molar-refractivity contribution >= 4 is 13.3 Å². The lowest BCUT2D eigenvalue weighted by molar-refractivity contribution is 0.268. The summed E-state index contributed by atoms with van der Waals surface area (Å²) in [7, 11) is -0.508. The molecule has 0 aromatic heterocycles. The summed E-state index contributed by atoms with van der Waals surface area (Å²) < 4.78 is 23.3. The molecule has 0 fully saturated rings. The molecule has 22 heavy (non-hydrogen) atoms. The Hall–Kier alpha value is -1.61. The second-order valence-electron chi connectivity index (χ2n) is 5.18. The van der Waals surface area contributed by atoms with Crippen molar-refractivity contribution in [1.29, 1.82) is 0 Å². The Morgan fingerprint density at radius 2 is 1.64 bits per heavy atom. The molecule has 4 nitrogen and oxygen atoms in total. The number of hydrogen-bond acceptors (Lipinski definition) is 4. The molecule has 0 saturated carbocycles. The zero-order valence-electron chi connectivity index (χ0n) is 13.4. The molecule has 0 heterocycles. The van der Waals surface area contributed by atoms with Gasteiger partial charge in [-0.05, 0) is 31.0 Å². The van der Waals surface area contributed by atoms with Crippen molar-refractivity contribution in [2.24, 2.45) is 0 Å². The predicted octanol–water partition coefficient (Wildman–Crippen LogP) is 4.90. The first-order valence-corrected chi connectivity index (χ1v) is 8.71. The first-order chi connectivity index (χ1) is 10.5. The van der Waals surface area contributed by atoms with E-state index in [-0.39, 0.29) is 0 Å². The number of hydrogen-bond donors (Lipinski definition) is 1. The van der Waals surface area contributed by atoms with Crippen LogP contribution in [0.15, 0.2) is 48.5 Å². The van der Waals surface area contributed by atoms with Gasteiger partial charge in [-0.25, -0.2) is 0 Å². The van der Waals surface area contributed by atoms with Crippen molar-refractivity contribution in [3.05, 3.63) is 65.2 Å². The van der Waals surface area contributed by atoms with Crippen LogP contribution in [0.4, 0.5) is 5.69 Å². The minimum absolute atomic E-state index is 0.565. The van der Waals surface area contributed by atoms with Gasteiger partial charge in [-0.15, -0.1) is 0 Å². The van der Waals surface area contributed by atoms with E-state index in [9.17, 15) is 4.57 Å². The minimum atomic E-state index is -3.32. The third kappa shape index (κ3) is 3.58. The van der Waals surface area contributed by atoms with Gasteiger partial charge in [-0.2, -0.15) is 0 Å². The first-order valence-electron chi connectivity index (χ1n) is 7.10. The number of benzene rings is 2. The number of rotatable bonds is 6. The molecule has 0 spiro atoms. The summed E-state index contributed by atoms with van der Waals surface area (Å²) in [5.41, 5.74) is 4.03. The topological polar surface area (TPSA) is 47.6 Å².